The van der Waals surface area contributed by atoms with Crippen LogP contribution < -0.4 is 9.64 Å². The van der Waals surface area contributed by atoms with Crippen molar-refractivity contribution in [1.29, 1.82) is 0 Å². The van der Waals surface area contributed by atoms with Crippen LogP contribution in [0.2, 0.25) is 0 Å². The Morgan fingerprint density at radius 2 is 2.11 bits per heavy atom. The van der Waals surface area contributed by atoms with Gasteiger partial charge in [0.25, 0.3) is 0 Å². The van der Waals surface area contributed by atoms with Crippen molar-refractivity contribution in [2.24, 2.45) is 0 Å². The van der Waals surface area contributed by atoms with Gasteiger partial charge >= 0.3 is 5.97 Å². The van der Waals surface area contributed by atoms with E-state index in [0.717, 1.165) is 6.54 Å². The number of carbonyl (C=O) groups is 1. The molecule has 0 amide bonds. The van der Waals surface area contributed by atoms with Crippen molar-refractivity contribution in [2.75, 3.05) is 26.7 Å². The van der Waals surface area contributed by atoms with Gasteiger partial charge in [-0.1, -0.05) is 6.07 Å². The molecule has 0 aliphatic carbocycles. The van der Waals surface area contributed by atoms with E-state index in [0.29, 0.717) is 11.3 Å². The third-order valence-corrected chi connectivity index (χ3v) is 3.50. The molecule has 1 N–H and O–H groups in total. The zero-order chi connectivity index (χ0) is 13.7. The Bertz CT molecular complexity index is 427. The molecule has 1 fully saturated rings. The van der Waals surface area contributed by atoms with Crippen molar-refractivity contribution in [1.82, 2.24) is 0 Å². The number of nitrogens with one attached hydrogen (secondary N) is 1. The Morgan fingerprint density at radius 1 is 1.37 bits per heavy atom. The van der Waals surface area contributed by atoms with Gasteiger partial charge in [-0.3, -0.25) is 0 Å². The maximum absolute atomic E-state index is 12.0. The van der Waals surface area contributed by atoms with Gasteiger partial charge in [0.15, 0.2) is 0 Å². The molecule has 1 aromatic rings. The molecule has 0 saturated carbocycles. The topological polar surface area (TPSA) is 40.0 Å². The highest BCUT2D eigenvalue weighted by Gasteiger charge is 2.21. The number of methoxy groups -OCH3 is 1. The van der Waals surface area contributed by atoms with E-state index < -0.39 is 0 Å². The first-order chi connectivity index (χ1) is 9.19. The Kier molecular flexibility index (Phi) is 4.80. The highest BCUT2D eigenvalue weighted by Crippen LogP contribution is 2.13. The second-order valence-electron chi connectivity index (χ2n) is 5.11. The van der Waals surface area contributed by atoms with E-state index in [-0.39, 0.29) is 12.1 Å². The maximum atomic E-state index is 12.0. The molecular formula is C15H22NO3+. The number of esters is 1. The molecule has 4 nitrogen and oxygen atoms in total. The minimum Gasteiger partial charge on any atom is -0.497 e. The number of likely N-dealkylation sites (tertiary alicyclic amines) is 1. The third-order valence-electron chi connectivity index (χ3n) is 3.50. The van der Waals surface area contributed by atoms with Gasteiger partial charge in [-0.25, -0.2) is 4.79 Å². The summed E-state index contributed by atoms with van der Waals surface area (Å²) < 4.78 is 10.6. The minimum absolute atomic E-state index is 0.0493. The zero-order valence-electron chi connectivity index (χ0n) is 11.6. The molecule has 1 aliphatic heterocycles. The average Bonchev–Trinajstić information content (AvgIpc) is 2.91. The lowest BCUT2D eigenvalue weighted by Crippen LogP contribution is -3.11. The summed E-state index contributed by atoms with van der Waals surface area (Å²) in [6.07, 6.45) is 2.52. The quantitative estimate of drug-likeness (QED) is 0.804. The number of carbonyl (C=O) groups excluding carboxylic acids is 1. The van der Waals surface area contributed by atoms with Gasteiger partial charge in [0, 0.05) is 12.8 Å². The van der Waals surface area contributed by atoms with E-state index in [1.54, 1.807) is 25.3 Å². The number of quaternary nitrogens is 1. The summed E-state index contributed by atoms with van der Waals surface area (Å²) in [7, 11) is 1.59. The fourth-order valence-corrected chi connectivity index (χ4v) is 2.53. The van der Waals surface area contributed by atoms with E-state index in [2.05, 4.69) is 0 Å². The van der Waals surface area contributed by atoms with Gasteiger partial charge in [-0.2, -0.15) is 0 Å². The van der Waals surface area contributed by atoms with Gasteiger partial charge < -0.3 is 14.4 Å². The minimum atomic E-state index is -0.273. The molecule has 1 aromatic carbocycles. The van der Waals surface area contributed by atoms with Crippen LogP contribution in [0.4, 0.5) is 0 Å². The van der Waals surface area contributed by atoms with Crippen LogP contribution in [0, 0.1) is 0 Å². The monoisotopic (exact) mass is 264 g/mol. The Hall–Kier alpha value is -1.55. The van der Waals surface area contributed by atoms with Crippen LogP contribution in [0.15, 0.2) is 24.3 Å². The van der Waals surface area contributed by atoms with Gasteiger partial charge in [0.1, 0.15) is 18.4 Å². The van der Waals surface area contributed by atoms with Gasteiger partial charge in [0.05, 0.1) is 25.8 Å². The van der Waals surface area contributed by atoms with Crippen molar-refractivity contribution in [3.63, 3.8) is 0 Å². The third kappa shape index (κ3) is 3.96. The standard InChI is InChI=1S/C15H21NO3/c1-12(11-16-8-3-4-9-16)19-15(17)13-6-5-7-14(10-13)18-2/h5-7,10,12H,3-4,8-9,11H2,1-2H3/p+1. The Morgan fingerprint density at radius 3 is 2.79 bits per heavy atom. The molecule has 0 bridgehead atoms. The molecule has 104 valence electrons. The summed E-state index contributed by atoms with van der Waals surface area (Å²) in [6.45, 7) is 5.25. The van der Waals surface area contributed by atoms with Crippen LogP contribution in [0.5, 0.6) is 5.75 Å². The van der Waals surface area contributed by atoms with E-state index in [1.165, 1.54) is 30.8 Å². The van der Waals surface area contributed by atoms with Crippen molar-refractivity contribution in [3.05, 3.63) is 29.8 Å². The first-order valence-corrected chi connectivity index (χ1v) is 6.87. The summed E-state index contributed by atoms with van der Waals surface area (Å²) in [5.41, 5.74) is 0.544. The Balaban J connectivity index is 1.88. The summed E-state index contributed by atoms with van der Waals surface area (Å²) in [5.74, 6) is 0.400. The van der Waals surface area contributed by atoms with Crippen molar-refractivity contribution in [3.8, 4) is 5.75 Å². The predicted octanol–water partition coefficient (Wildman–Crippen LogP) is 0.919. The second-order valence-corrected chi connectivity index (χ2v) is 5.11. The largest absolute Gasteiger partial charge is 0.497 e. The molecule has 0 radical (unpaired) electrons. The van der Waals surface area contributed by atoms with Crippen LogP contribution in [0.1, 0.15) is 30.1 Å². The second kappa shape index (κ2) is 6.57. The molecule has 0 aromatic heterocycles. The molecular weight excluding hydrogens is 242 g/mol. The number of rotatable bonds is 5. The molecule has 1 atom stereocenters. The smallest absolute Gasteiger partial charge is 0.338 e. The lowest BCUT2D eigenvalue weighted by Gasteiger charge is -2.18. The fourth-order valence-electron chi connectivity index (χ4n) is 2.53. The summed E-state index contributed by atoms with van der Waals surface area (Å²) in [4.78, 5) is 13.5. The first kappa shape index (κ1) is 13.9. The first-order valence-electron chi connectivity index (χ1n) is 6.87. The van der Waals surface area contributed by atoms with E-state index in [9.17, 15) is 4.79 Å². The van der Waals surface area contributed by atoms with Crippen molar-refractivity contribution in [2.45, 2.75) is 25.9 Å². The summed E-state index contributed by atoms with van der Waals surface area (Å²) >= 11 is 0. The van der Waals surface area contributed by atoms with Crippen LogP contribution in [0.3, 0.4) is 0 Å². The lowest BCUT2D eigenvalue weighted by molar-refractivity contribution is -0.890. The zero-order valence-corrected chi connectivity index (χ0v) is 11.6. The number of benzene rings is 1. The fraction of sp³-hybridized carbons (Fsp3) is 0.533. The van der Waals surface area contributed by atoms with Crippen molar-refractivity contribution < 1.29 is 19.2 Å². The van der Waals surface area contributed by atoms with Crippen LogP contribution >= 0.6 is 0 Å². The van der Waals surface area contributed by atoms with Crippen LogP contribution in [-0.4, -0.2) is 38.8 Å². The van der Waals surface area contributed by atoms with Crippen molar-refractivity contribution >= 4 is 5.97 Å². The Labute approximate surface area is 114 Å². The highest BCUT2D eigenvalue weighted by molar-refractivity contribution is 5.89. The highest BCUT2D eigenvalue weighted by atomic mass is 16.5. The lowest BCUT2D eigenvalue weighted by atomic mass is 10.2. The number of hydrogen-bond donors (Lipinski definition) is 1. The molecule has 4 heteroatoms. The molecule has 19 heavy (non-hydrogen) atoms. The molecule has 1 saturated heterocycles. The molecule has 1 heterocycles. The summed E-state index contributed by atoms with van der Waals surface area (Å²) in [6, 6.07) is 7.07. The number of ether oxygens (including phenoxy) is 2. The SMILES string of the molecule is COc1cccc(C(=O)OC(C)C[NH+]2CCCC2)c1. The van der Waals surface area contributed by atoms with Gasteiger partial charge in [-0.05, 0) is 25.1 Å². The van der Waals surface area contributed by atoms with Crippen LogP contribution in [-0.2, 0) is 4.74 Å². The van der Waals surface area contributed by atoms with E-state index >= 15 is 0 Å². The summed E-state index contributed by atoms with van der Waals surface area (Å²) in [5, 5.41) is 0. The van der Waals surface area contributed by atoms with E-state index in [1.807, 2.05) is 13.0 Å². The van der Waals surface area contributed by atoms with Gasteiger partial charge in [0.2, 0.25) is 0 Å². The predicted molar refractivity (Wildman–Crippen MR) is 72.7 cm³/mol. The molecule has 0 spiro atoms. The van der Waals surface area contributed by atoms with E-state index in [4.69, 9.17) is 9.47 Å². The molecule has 2 rings (SSSR count). The molecule has 1 aliphatic rings. The number of hydrogen-bond acceptors (Lipinski definition) is 3. The van der Waals surface area contributed by atoms with Crippen LogP contribution in [0.25, 0.3) is 0 Å². The normalized spacial score (nSPS) is 17.2. The van der Waals surface area contributed by atoms with Gasteiger partial charge in [-0.15, -0.1) is 0 Å². The molecule has 1 unspecified atom stereocenters. The average molecular weight is 264 g/mol. The maximum Gasteiger partial charge on any atom is 0.338 e.